The lowest BCUT2D eigenvalue weighted by Crippen LogP contribution is -2.83. The van der Waals surface area contributed by atoms with E-state index in [1.807, 2.05) is 20.8 Å². The Kier molecular flexibility index (Phi) is 4.35. The fourth-order valence-corrected chi connectivity index (χ4v) is 4.42. The van der Waals surface area contributed by atoms with E-state index in [-0.39, 0.29) is 0 Å². The van der Waals surface area contributed by atoms with E-state index in [9.17, 15) is 4.79 Å². The van der Waals surface area contributed by atoms with Crippen molar-refractivity contribution < 1.29 is 9.53 Å². The maximum Gasteiger partial charge on any atom is 0.407 e. The summed E-state index contributed by atoms with van der Waals surface area (Å²) in [7, 11) is 0. The van der Waals surface area contributed by atoms with Gasteiger partial charge in [-0.25, -0.2) is 4.79 Å². The van der Waals surface area contributed by atoms with Gasteiger partial charge in [0.15, 0.2) is 5.82 Å². The Bertz CT molecular complexity index is 711. The number of nitrogens with zero attached hydrogens (tertiary/aromatic N) is 3. The van der Waals surface area contributed by atoms with Gasteiger partial charge in [-0.1, -0.05) is 23.8 Å². The lowest BCUT2D eigenvalue weighted by molar-refractivity contribution is -0.0522. The van der Waals surface area contributed by atoms with E-state index in [2.05, 4.69) is 38.9 Å². The number of H-pyrrole nitrogens is 1. The van der Waals surface area contributed by atoms with Crippen molar-refractivity contribution in [3.8, 4) is 0 Å². The maximum atomic E-state index is 12.2. The molecule has 0 radical (unpaired) electrons. The summed E-state index contributed by atoms with van der Waals surface area (Å²) >= 11 is 0. The van der Waals surface area contributed by atoms with Crippen LogP contribution < -0.4 is 16.8 Å². The molecule has 3 atom stereocenters. The molecule has 0 unspecified atom stereocenters. The number of nitrogens with two attached hydrogens (primary N) is 2. The van der Waals surface area contributed by atoms with E-state index >= 15 is 0 Å². The molecule has 9 heteroatoms. The van der Waals surface area contributed by atoms with Crippen LogP contribution in [0.5, 0.6) is 0 Å². The predicted octanol–water partition coefficient (Wildman–Crippen LogP) is 0.792. The molecule has 1 saturated carbocycles. The number of ether oxygens (including phenoxy) is 1. The molecule has 0 aliphatic heterocycles. The summed E-state index contributed by atoms with van der Waals surface area (Å²) in [6, 6.07) is 0. The van der Waals surface area contributed by atoms with E-state index in [0.717, 1.165) is 12.8 Å². The summed E-state index contributed by atoms with van der Waals surface area (Å²) in [5.41, 5.74) is 12.4. The summed E-state index contributed by atoms with van der Waals surface area (Å²) in [5, 5.41) is 17.1. The van der Waals surface area contributed by atoms with Crippen LogP contribution in [-0.2, 0) is 11.2 Å². The number of rotatable bonds is 5. The van der Waals surface area contributed by atoms with Crippen molar-refractivity contribution in [1.82, 2.24) is 25.9 Å². The van der Waals surface area contributed by atoms with Gasteiger partial charge in [0.05, 0.1) is 5.54 Å². The standard InChI is InChI=1S/C17H29N7O2/c1-5-11-6-16(18)9-15(17(16,19)7-11,8-12-21-23-24-22-12)10-20-13(25)26-14(2,3)4/h7H,5-6,8-10,18-19H2,1-4H3,(H,20,25)(H,21,22,23,24)/t15-,16-,17+/m0/s1. The van der Waals surface area contributed by atoms with Gasteiger partial charge in [-0.3, -0.25) is 0 Å². The molecule has 3 rings (SSSR count). The third-order valence-electron chi connectivity index (χ3n) is 5.64. The molecule has 1 amide bonds. The predicted molar refractivity (Wildman–Crippen MR) is 96.0 cm³/mol. The third kappa shape index (κ3) is 2.99. The lowest BCUT2D eigenvalue weighted by Gasteiger charge is -2.65. The Morgan fingerprint density at radius 3 is 2.73 bits per heavy atom. The minimum absolute atomic E-state index is 0.333. The van der Waals surface area contributed by atoms with Gasteiger partial charge in [0, 0.05) is 23.9 Å². The van der Waals surface area contributed by atoms with E-state index in [4.69, 9.17) is 16.2 Å². The molecule has 1 aromatic rings. The highest BCUT2D eigenvalue weighted by atomic mass is 16.6. The fraction of sp³-hybridized carbons (Fsp3) is 0.765. The highest BCUT2D eigenvalue weighted by molar-refractivity contribution is 5.68. The van der Waals surface area contributed by atoms with Gasteiger partial charge < -0.3 is 21.5 Å². The van der Waals surface area contributed by atoms with Crippen LogP contribution in [0, 0.1) is 5.41 Å². The second-order valence-electron chi connectivity index (χ2n) is 8.68. The summed E-state index contributed by atoms with van der Waals surface area (Å²) in [5.74, 6) is 0.557. The minimum Gasteiger partial charge on any atom is -0.444 e. The largest absolute Gasteiger partial charge is 0.444 e. The minimum atomic E-state index is -0.735. The Hall–Kier alpha value is -2.00. The van der Waals surface area contributed by atoms with Gasteiger partial charge in [-0.2, -0.15) is 5.21 Å². The molecule has 1 heterocycles. The van der Waals surface area contributed by atoms with Crippen LogP contribution in [-0.4, -0.2) is 49.9 Å². The molecule has 2 aliphatic carbocycles. The molecule has 0 bridgehead atoms. The van der Waals surface area contributed by atoms with Crippen molar-refractivity contribution in [2.75, 3.05) is 6.54 Å². The average molecular weight is 363 g/mol. The number of aromatic nitrogens is 4. The normalized spacial score (nSPS) is 33.2. The SMILES string of the molecule is CCC1=C[C@]2(N)[C@](N)(C1)C[C@]2(CNC(=O)OC(C)(C)C)Cc1nn[nH]n1. The molecule has 0 aromatic carbocycles. The number of aromatic amines is 1. The topological polar surface area (TPSA) is 145 Å². The van der Waals surface area contributed by atoms with E-state index in [1.165, 1.54) is 5.57 Å². The van der Waals surface area contributed by atoms with Gasteiger partial charge in [-0.15, -0.1) is 10.2 Å². The quantitative estimate of drug-likeness (QED) is 0.566. The Morgan fingerprint density at radius 2 is 2.15 bits per heavy atom. The van der Waals surface area contributed by atoms with Gasteiger partial charge >= 0.3 is 6.09 Å². The maximum absolute atomic E-state index is 12.2. The number of tetrazole rings is 1. The highest BCUT2D eigenvalue weighted by Gasteiger charge is 2.71. The summed E-state index contributed by atoms with van der Waals surface area (Å²) in [6.45, 7) is 7.91. The summed E-state index contributed by atoms with van der Waals surface area (Å²) in [6.07, 6.45) is 4.45. The first-order valence-electron chi connectivity index (χ1n) is 9.00. The number of carbonyl (C=O) groups excluding carboxylic acids is 1. The summed E-state index contributed by atoms with van der Waals surface area (Å²) in [4.78, 5) is 12.2. The van der Waals surface area contributed by atoms with Crippen LogP contribution in [0.15, 0.2) is 11.6 Å². The van der Waals surface area contributed by atoms with Crippen LogP contribution in [0.25, 0.3) is 0 Å². The summed E-state index contributed by atoms with van der Waals surface area (Å²) < 4.78 is 5.36. The van der Waals surface area contributed by atoms with Crippen LogP contribution in [0.3, 0.4) is 0 Å². The van der Waals surface area contributed by atoms with Crippen LogP contribution in [0.1, 0.15) is 52.8 Å². The van der Waals surface area contributed by atoms with Gasteiger partial charge in [0.1, 0.15) is 5.60 Å². The number of amides is 1. The number of carbonyl (C=O) groups is 1. The smallest absolute Gasteiger partial charge is 0.407 e. The molecule has 2 aliphatic rings. The second-order valence-corrected chi connectivity index (χ2v) is 8.68. The second kappa shape index (κ2) is 6.02. The van der Waals surface area contributed by atoms with E-state index in [1.54, 1.807) is 0 Å². The van der Waals surface area contributed by atoms with Gasteiger partial charge in [-0.05, 0) is 40.0 Å². The van der Waals surface area contributed by atoms with Crippen LogP contribution in [0.2, 0.25) is 0 Å². The van der Waals surface area contributed by atoms with Crippen molar-refractivity contribution in [1.29, 1.82) is 0 Å². The number of nitrogens with one attached hydrogen (secondary N) is 2. The van der Waals surface area contributed by atoms with Crippen LogP contribution >= 0.6 is 0 Å². The van der Waals surface area contributed by atoms with Gasteiger partial charge in [0.2, 0.25) is 0 Å². The first-order chi connectivity index (χ1) is 12.0. The zero-order valence-electron chi connectivity index (χ0n) is 15.9. The first-order valence-corrected chi connectivity index (χ1v) is 9.00. The zero-order valence-corrected chi connectivity index (χ0v) is 15.9. The molecular weight excluding hydrogens is 334 g/mol. The van der Waals surface area contributed by atoms with Crippen LogP contribution in [0.4, 0.5) is 4.79 Å². The molecule has 0 spiro atoms. The lowest BCUT2D eigenvalue weighted by atomic mass is 9.44. The zero-order chi connectivity index (χ0) is 19.2. The van der Waals surface area contributed by atoms with Crippen molar-refractivity contribution in [2.45, 2.75) is 70.1 Å². The van der Waals surface area contributed by atoms with Crippen molar-refractivity contribution in [2.24, 2.45) is 16.9 Å². The molecule has 144 valence electrons. The number of hydrogen-bond donors (Lipinski definition) is 4. The molecule has 1 aromatic heterocycles. The molecule has 1 fully saturated rings. The molecule has 9 nitrogen and oxygen atoms in total. The van der Waals surface area contributed by atoms with Gasteiger partial charge in [0.25, 0.3) is 0 Å². The molecule has 6 N–H and O–H groups in total. The molecule has 26 heavy (non-hydrogen) atoms. The first kappa shape index (κ1) is 18.8. The fourth-order valence-electron chi connectivity index (χ4n) is 4.42. The molecule has 0 saturated heterocycles. The van der Waals surface area contributed by atoms with E-state index < -0.39 is 28.2 Å². The molecular formula is C17H29N7O2. The Balaban J connectivity index is 1.83. The average Bonchev–Trinajstić information content (AvgIpc) is 3.09. The number of alkyl carbamates (subject to hydrolysis) is 1. The van der Waals surface area contributed by atoms with Crippen molar-refractivity contribution in [3.05, 3.63) is 17.5 Å². The highest BCUT2D eigenvalue weighted by Crippen LogP contribution is 2.61. The number of fused-ring (bicyclic) bond motifs is 1. The monoisotopic (exact) mass is 363 g/mol. The Labute approximate surface area is 153 Å². The third-order valence-corrected chi connectivity index (χ3v) is 5.64. The van der Waals surface area contributed by atoms with E-state index in [0.29, 0.717) is 25.2 Å². The van der Waals surface area contributed by atoms with Crippen molar-refractivity contribution in [3.63, 3.8) is 0 Å². The van der Waals surface area contributed by atoms with Crippen molar-refractivity contribution >= 4 is 6.09 Å². The number of hydrogen-bond acceptors (Lipinski definition) is 7. The Morgan fingerprint density at radius 1 is 1.42 bits per heavy atom.